The smallest absolute Gasteiger partial charge is 0.325 e. The second kappa shape index (κ2) is 8.05. The van der Waals surface area contributed by atoms with Gasteiger partial charge in [0, 0.05) is 27.7 Å². The number of halogens is 1. The highest BCUT2D eigenvalue weighted by Gasteiger charge is 2.16. The molecule has 138 valence electrons. The third-order valence-electron chi connectivity index (χ3n) is 3.97. The fraction of sp³-hybridized carbons (Fsp3) is 0.150. The fourth-order valence-corrected chi connectivity index (χ4v) is 2.85. The van der Waals surface area contributed by atoms with Gasteiger partial charge in [0.1, 0.15) is 6.54 Å². The molecule has 6 nitrogen and oxygen atoms in total. The van der Waals surface area contributed by atoms with Crippen molar-refractivity contribution in [3.05, 3.63) is 75.7 Å². The number of hydrogen-bond donors (Lipinski definition) is 1. The highest BCUT2D eigenvalue weighted by Crippen LogP contribution is 2.19. The molecule has 0 fully saturated rings. The van der Waals surface area contributed by atoms with Gasteiger partial charge in [0.2, 0.25) is 0 Å². The molecule has 3 rings (SSSR count). The van der Waals surface area contributed by atoms with E-state index >= 15 is 0 Å². The quantitative estimate of drug-likeness (QED) is 0.686. The van der Waals surface area contributed by atoms with Crippen LogP contribution in [0.4, 0.5) is 0 Å². The van der Waals surface area contributed by atoms with Crippen molar-refractivity contribution < 1.29 is 14.3 Å². The lowest BCUT2D eigenvalue weighted by Crippen LogP contribution is -2.32. The molecular weight excluding hydrogens is 368 g/mol. The summed E-state index contributed by atoms with van der Waals surface area (Å²) in [4.78, 5) is 37.0. The number of rotatable bonds is 5. The number of nitrogens with one attached hydrogen (secondary N) is 1. The molecule has 3 aromatic rings. The highest BCUT2D eigenvalue weighted by atomic mass is 35.5. The van der Waals surface area contributed by atoms with Crippen LogP contribution in [0.15, 0.2) is 59.5 Å². The lowest BCUT2D eigenvalue weighted by Gasteiger charge is -2.12. The molecule has 0 aliphatic carbocycles. The summed E-state index contributed by atoms with van der Waals surface area (Å²) in [5, 5.41) is 3.98. The van der Waals surface area contributed by atoms with Crippen LogP contribution >= 0.6 is 11.6 Å². The van der Waals surface area contributed by atoms with Crippen molar-refractivity contribution in [1.82, 2.24) is 9.88 Å². The van der Waals surface area contributed by atoms with Gasteiger partial charge < -0.3 is 10.1 Å². The molecule has 0 unspecified atom stereocenters. The number of benzene rings is 2. The molecule has 0 atom stereocenters. The van der Waals surface area contributed by atoms with Crippen molar-refractivity contribution >= 4 is 34.2 Å². The first-order valence-corrected chi connectivity index (χ1v) is 8.73. The maximum atomic E-state index is 12.9. The summed E-state index contributed by atoms with van der Waals surface area (Å²) in [6.07, 6.45) is 1.47. The van der Waals surface area contributed by atoms with Gasteiger partial charge in [0.25, 0.3) is 11.5 Å². The molecule has 1 N–H and O–H groups in total. The van der Waals surface area contributed by atoms with E-state index in [0.29, 0.717) is 21.5 Å². The van der Waals surface area contributed by atoms with Gasteiger partial charge in [-0.05, 0) is 37.3 Å². The van der Waals surface area contributed by atoms with E-state index in [-0.39, 0.29) is 24.3 Å². The average molecular weight is 385 g/mol. The van der Waals surface area contributed by atoms with E-state index in [4.69, 9.17) is 16.3 Å². The van der Waals surface area contributed by atoms with E-state index in [2.05, 4.69) is 5.32 Å². The van der Waals surface area contributed by atoms with Gasteiger partial charge in [-0.1, -0.05) is 29.8 Å². The Balaban J connectivity index is 2.07. The number of carbonyl (C=O) groups excluding carboxylic acids is 2. The summed E-state index contributed by atoms with van der Waals surface area (Å²) >= 11 is 5.92. The minimum atomic E-state index is -0.527. The lowest BCUT2D eigenvalue weighted by atomic mass is 10.1. The van der Waals surface area contributed by atoms with Crippen molar-refractivity contribution in [2.75, 3.05) is 13.2 Å². The maximum Gasteiger partial charge on any atom is 0.325 e. The molecule has 0 bridgehead atoms. The van der Waals surface area contributed by atoms with Crippen LogP contribution in [-0.4, -0.2) is 29.6 Å². The molecule has 2 aromatic carbocycles. The topological polar surface area (TPSA) is 77.4 Å². The van der Waals surface area contributed by atoms with Crippen LogP contribution in [0.2, 0.25) is 5.02 Å². The first kappa shape index (κ1) is 18.7. The lowest BCUT2D eigenvalue weighted by molar-refractivity contribution is -0.141. The Hall–Kier alpha value is -3.12. The van der Waals surface area contributed by atoms with E-state index in [9.17, 15) is 14.4 Å². The number of fused-ring (bicyclic) bond motifs is 1. The zero-order valence-electron chi connectivity index (χ0n) is 14.6. The Morgan fingerprint density at radius 1 is 1.07 bits per heavy atom. The zero-order valence-corrected chi connectivity index (χ0v) is 15.3. The van der Waals surface area contributed by atoms with Crippen molar-refractivity contribution in [2.45, 2.75) is 6.92 Å². The van der Waals surface area contributed by atoms with E-state index < -0.39 is 11.9 Å². The molecule has 0 spiro atoms. The van der Waals surface area contributed by atoms with E-state index in [0.717, 1.165) is 0 Å². The van der Waals surface area contributed by atoms with Crippen LogP contribution in [0.5, 0.6) is 0 Å². The molecule has 1 heterocycles. The van der Waals surface area contributed by atoms with Crippen LogP contribution < -0.4 is 10.9 Å². The molecule has 0 aliphatic heterocycles. The molecule has 0 saturated carbocycles. The van der Waals surface area contributed by atoms with E-state index in [1.165, 1.54) is 10.8 Å². The third-order valence-corrected chi connectivity index (χ3v) is 4.22. The molecule has 1 aromatic heterocycles. The third kappa shape index (κ3) is 4.01. The normalized spacial score (nSPS) is 10.6. The average Bonchev–Trinajstić information content (AvgIpc) is 2.68. The first-order valence-electron chi connectivity index (χ1n) is 8.35. The van der Waals surface area contributed by atoms with Gasteiger partial charge in [-0.2, -0.15) is 0 Å². The van der Waals surface area contributed by atoms with Gasteiger partial charge in [-0.25, -0.2) is 0 Å². The summed E-state index contributed by atoms with van der Waals surface area (Å²) < 4.78 is 6.20. The number of carbonyl (C=O) groups is 2. The summed E-state index contributed by atoms with van der Waals surface area (Å²) in [6.45, 7) is 1.68. The Morgan fingerprint density at radius 2 is 1.74 bits per heavy atom. The largest absolute Gasteiger partial charge is 0.465 e. The number of pyridine rings is 1. The van der Waals surface area contributed by atoms with Crippen LogP contribution in [0.25, 0.3) is 16.5 Å². The number of amides is 1. The second-order valence-electron chi connectivity index (χ2n) is 5.73. The first-order chi connectivity index (χ1) is 13.0. The number of nitrogens with zero attached hydrogens (tertiary/aromatic N) is 1. The van der Waals surface area contributed by atoms with Gasteiger partial charge in [-0.3, -0.25) is 19.0 Å². The van der Waals surface area contributed by atoms with Crippen LogP contribution in [0.3, 0.4) is 0 Å². The summed E-state index contributed by atoms with van der Waals surface area (Å²) in [5.41, 5.74) is 0.605. The van der Waals surface area contributed by atoms with Crippen molar-refractivity contribution in [3.63, 3.8) is 0 Å². The molecule has 1 amide bonds. The Kier molecular flexibility index (Phi) is 5.57. The number of hydrogen-bond acceptors (Lipinski definition) is 4. The van der Waals surface area contributed by atoms with Crippen LogP contribution in [0, 0.1) is 0 Å². The fourth-order valence-electron chi connectivity index (χ4n) is 2.73. The highest BCUT2D eigenvalue weighted by molar-refractivity contribution is 6.30. The van der Waals surface area contributed by atoms with Gasteiger partial charge in [0.05, 0.1) is 12.2 Å². The zero-order chi connectivity index (χ0) is 19.4. The Labute approximate surface area is 160 Å². The molecule has 0 saturated heterocycles. The summed E-state index contributed by atoms with van der Waals surface area (Å²) in [5.74, 6) is -0.997. The number of aromatic nitrogens is 1. The van der Waals surface area contributed by atoms with Gasteiger partial charge in [-0.15, -0.1) is 0 Å². The number of esters is 1. The van der Waals surface area contributed by atoms with Crippen molar-refractivity contribution in [2.24, 2.45) is 0 Å². The monoisotopic (exact) mass is 384 g/mol. The Bertz CT molecular complexity index is 1060. The predicted molar refractivity (Wildman–Crippen MR) is 104 cm³/mol. The number of ether oxygens (including phenoxy) is 1. The van der Waals surface area contributed by atoms with E-state index in [1.807, 2.05) is 0 Å². The molecule has 0 radical (unpaired) electrons. The maximum absolute atomic E-state index is 12.9. The molecule has 0 aliphatic rings. The van der Waals surface area contributed by atoms with Crippen LogP contribution in [-0.2, 0) is 9.53 Å². The SMILES string of the molecule is CCOC(=O)CNC(=O)c1cn(-c2ccc(Cl)cc2)c(=O)c2ccccc12. The van der Waals surface area contributed by atoms with Gasteiger partial charge in [0.15, 0.2) is 0 Å². The van der Waals surface area contributed by atoms with Crippen molar-refractivity contribution in [3.8, 4) is 5.69 Å². The standard InChI is InChI=1S/C20H17ClN2O4/c1-2-27-18(24)11-22-19(25)17-12-23(14-9-7-13(21)8-10-14)20(26)16-6-4-3-5-15(16)17/h3-10,12H,2,11H2,1H3,(H,22,25). The second-order valence-corrected chi connectivity index (χ2v) is 6.16. The van der Waals surface area contributed by atoms with E-state index in [1.54, 1.807) is 55.5 Å². The predicted octanol–water partition coefficient (Wildman–Crippen LogP) is 2.94. The summed E-state index contributed by atoms with van der Waals surface area (Å²) in [7, 11) is 0. The Morgan fingerprint density at radius 3 is 2.41 bits per heavy atom. The minimum Gasteiger partial charge on any atom is -0.465 e. The molecular formula is C20H17ClN2O4. The molecule has 27 heavy (non-hydrogen) atoms. The summed E-state index contributed by atoms with van der Waals surface area (Å²) in [6, 6.07) is 13.6. The van der Waals surface area contributed by atoms with Crippen LogP contribution in [0.1, 0.15) is 17.3 Å². The van der Waals surface area contributed by atoms with Crippen molar-refractivity contribution in [1.29, 1.82) is 0 Å². The minimum absolute atomic E-state index is 0.235. The van der Waals surface area contributed by atoms with Gasteiger partial charge >= 0.3 is 5.97 Å². The molecule has 7 heteroatoms.